The molecule has 0 atom stereocenters. The van der Waals surface area contributed by atoms with Crippen LogP contribution >= 0.6 is 11.3 Å². The number of hydrogen-bond donors (Lipinski definition) is 2. The summed E-state index contributed by atoms with van der Waals surface area (Å²) in [6.07, 6.45) is 1.09. The summed E-state index contributed by atoms with van der Waals surface area (Å²) in [4.78, 5) is 15.3. The summed E-state index contributed by atoms with van der Waals surface area (Å²) in [7, 11) is -4.23. The first-order valence-electron chi connectivity index (χ1n) is 7.97. The van der Waals surface area contributed by atoms with Crippen LogP contribution < -0.4 is 10.0 Å². The topological polar surface area (TPSA) is 88.2 Å². The van der Waals surface area contributed by atoms with Gasteiger partial charge in [-0.05, 0) is 36.8 Å². The number of nitrogens with zero attached hydrogens (tertiary/aromatic N) is 1. The van der Waals surface area contributed by atoms with Crippen molar-refractivity contribution in [1.82, 2.24) is 4.98 Å². The van der Waals surface area contributed by atoms with Crippen molar-refractivity contribution < 1.29 is 22.0 Å². The van der Waals surface area contributed by atoms with Crippen molar-refractivity contribution in [1.29, 1.82) is 0 Å². The second-order valence-corrected chi connectivity index (χ2v) is 8.36. The molecule has 6 nitrogen and oxygen atoms in total. The molecule has 0 aliphatic heterocycles. The number of carbonyl (C=O) groups is 1. The van der Waals surface area contributed by atoms with E-state index in [-0.39, 0.29) is 11.6 Å². The van der Waals surface area contributed by atoms with Crippen LogP contribution in [0.15, 0.2) is 41.3 Å². The lowest BCUT2D eigenvalue weighted by Crippen LogP contribution is -2.14. The summed E-state index contributed by atoms with van der Waals surface area (Å²) in [5, 5.41) is 3.09. The molecule has 0 unspecified atom stereocenters. The number of anilines is 2. The molecule has 0 spiro atoms. The Hall–Kier alpha value is -2.59. The van der Waals surface area contributed by atoms with Gasteiger partial charge in [0, 0.05) is 12.5 Å². The maximum Gasteiger partial charge on any atom is 0.264 e. The highest BCUT2D eigenvalue weighted by Crippen LogP contribution is 2.29. The molecule has 0 radical (unpaired) electrons. The van der Waals surface area contributed by atoms with Gasteiger partial charge >= 0.3 is 0 Å². The molecule has 10 heteroatoms. The predicted molar refractivity (Wildman–Crippen MR) is 100 cm³/mol. The Bertz CT molecular complexity index is 1110. The van der Waals surface area contributed by atoms with Crippen molar-refractivity contribution in [2.75, 3.05) is 10.0 Å². The summed E-state index contributed by atoms with van der Waals surface area (Å²) in [6.45, 7) is 1.89. The van der Waals surface area contributed by atoms with Crippen molar-refractivity contribution in [3.63, 3.8) is 0 Å². The number of nitrogens with one attached hydrogen (secondary N) is 2. The number of aromatic nitrogens is 1. The fourth-order valence-electron chi connectivity index (χ4n) is 2.36. The molecule has 1 amide bonds. The molecule has 2 N–H and O–H groups in total. The van der Waals surface area contributed by atoms with E-state index in [4.69, 9.17) is 0 Å². The van der Waals surface area contributed by atoms with Gasteiger partial charge in [-0.2, -0.15) is 0 Å². The molecule has 0 aliphatic rings. The zero-order valence-corrected chi connectivity index (χ0v) is 15.8. The second-order valence-electron chi connectivity index (χ2n) is 5.68. The summed E-state index contributed by atoms with van der Waals surface area (Å²) >= 11 is 1.26. The molecule has 3 aromatic rings. The highest BCUT2D eigenvalue weighted by molar-refractivity contribution is 7.92. The highest BCUT2D eigenvalue weighted by Gasteiger charge is 2.20. The van der Waals surface area contributed by atoms with Crippen LogP contribution in [-0.2, 0) is 14.8 Å². The van der Waals surface area contributed by atoms with E-state index >= 15 is 0 Å². The number of fused-ring (bicyclic) bond motifs is 1. The number of thiazole rings is 1. The van der Waals surface area contributed by atoms with E-state index in [0.717, 1.165) is 16.8 Å². The lowest BCUT2D eigenvalue weighted by Gasteiger charge is -2.08. The lowest BCUT2D eigenvalue weighted by molar-refractivity contribution is -0.116. The minimum atomic E-state index is -4.23. The van der Waals surface area contributed by atoms with Gasteiger partial charge < -0.3 is 5.32 Å². The second kappa shape index (κ2) is 7.57. The SMILES string of the molecule is CCCC(=O)Nc1nc2cc(NS(=O)(=O)c3ccc(F)cc3F)ccc2s1. The summed E-state index contributed by atoms with van der Waals surface area (Å²) in [6, 6.07) is 6.84. The number of hydrogen-bond acceptors (Lipinski definition) is 5. The van der Waals surface area contributed by atoms with E-state index in [9.17, 15) is 22.0 Å². The van der Waals surface area contributed by atoms with Crippen LogP contribution in [0.5, 0.6) is 0 Å². The smallest absolute Gasteiger partial charge is 0.264 e. The number of halogens is 2. The van der Waals surface area contributed by atoms with Crippen LogP contribution in [0.2, 0.25) is 0 Å². The zero-order valence-electron chi connectivity index (χ0n) is 14.1. The maximum absolute atomic E-state index is 13.8. The molecule has 0 saturated heterocycles. The van der Waals surface area contributed by atoms with Gasteiger partial charge in [-0.25, -0.2) is 22.2 Å². The van der Waals surface area contributed by atoms with E-state index in [1.165, 1.54) is 23.5 Å². The van der Waals surface area contributed by atoms with E-state index < -0.39 is 26.6 Å². The van der Waals surface area contributed by atoms with Crippen LogP contribution in [0.1, 0.15) is 19.8 Å². The molecule has 0 aliphatic carbocycles. The van der Waals surface area contributed by atoms with Gasteiger partial charge in [0.15, 0.2) is 5.13 Å². The molecule has 2 aromatic carbocycles. The van der Waals surface area contributed by atoms with Crippen molar-refractivity contribution in [2.24, 2.45) is 0 Å². The van der Waals surface area contributed by atoms with Crippen LogP contribution in [0, 0.1) is 11.6 Å². The largest absolute Gasteiger partial charge is 0.302 e. The molecule has 0 saturated carbocycles. The van der Waals surface area contributed by atoms with E-state index in [0.29, 0.717) is 29.6 Å². The minimum absolute atomic E-state index is 0.149. The molecular weight excluding hydrogens is 396 g/mol. The number of benzene rings is 2. The molecule has 1 aromatic heterocycles. The summed E-state index contributed by atoms with van der Waals surface area (Å²) in [5.74, 6) is -2.20. The van der Waals surface area contributed by atoms with E-state index in [1.54, 1.807) is 6.07 Å². The average Bonchev–Trinajstić information content (AvgIpc) is 2.95. The van der Waals surface area contributed by atoms with Crippen molar-refractivity contribution in [2.45, 2.75) is 24.7 Å². The third-order valence-corrected chi connectivity index (χ3v) is 5.91. The number of rotatable bonds is 6. The molecule has 0 bridgehead atoms. The van der Waals surface area contributed by atoms with E-state index in [2.05, 4.69) is 15.0 Å². The van der Waals surface area contributed by atoms with Gasteiger partial charge in [-0.1, -0.05) is 18.3 Å². The Kier molecular flexibility index (Phi) is 5.38. The predicted octanol–water partition coefficient (Wildman–Crippen LogP) is 4.11. The van der Waals surface area contributed by atoms with Crippen molar-refractivity contribution in [3.8, 4) is 0 Å². The molecule has 3 rings (SSSR count). The first-order chi connectivity index (χ1) is 12.8. The monoisotopic (exact) mass is 411 g/mol. The zero-order chi connectivity index (χ0) is 19.6. The maximum atomic E-state index is 13.8. The normalized spacial score (nSPS) is 11.5. The lowest BCUT2D eigenvalue weighted by atomic mass is 10.3. The fraction of sp³-hybridized carbons (Fsp3) is 0.176. The van der Waals surface area contributed by atoms with Crippen molar-refractivity contribution >= 4 is 48.3 Å². The third-order valence-electron chi connectivity index (χ3n) is 3.55. The Morgan fingerprint density at radius 1 is 1.19 bits per heavy atom. The molecular formula is C17H15F2N3O3S2. The van der Waals surface area contributed by atoms with Gasteiger partial charge in [-0.3, -0.25) is 9.52 Å². The number of carbonyl (C=O) groups excluding carboxylic acids is 1. The highest BCUT2D eigenvalue weighted by atomic mass is 32.2. The van der Waals surface area contributed by atoms with Crippen LogP contribution in [-0.4, -0.2) is 19.3 Å². The standard InChI is InChI=1S/C17H15F2N3O3S2/c1-2-3-16(23)21-17-20-13-9-11(5-6-14(13)26-17)22-27(24,25)15-7-4-10(18)8-12(15)19/h4-9,22H,2-3H2,1H3,(H,20,21,23). The van der Waals surface area contributed by atoms with Crippen LogP contribution in [0.3, 0.4) is 0 Å². The van der Waals surface area contributed by atoms with Gasteiger partial charge in [0.25, 0.3) is 10.0 Å². The van der Waals surface area contributed by atoms with Gasteiger partial charge in [0.05, 0.1) is 15.9 Å². The number of sulfonamides is 1. The van der Waals surface area contributed by atoms with Crippen LogP contribution in [0.25, 0.3) is 10.2 Å². The van der Waals surface area contributed by atoms with Crippen LogP contribution in [0.4, 0.5) is 19.6 Å². The van der Waals surface area contributed by atoms with Gasteiger partial charge in [-0.15, -0.1) is 0 Å². The first kappa shape index (κ1) is 19.2. The fourth-order valence-corrected chi connectivity index (χ4v) is 4.33. The Balaban J connectivity index is 1.85. The van der Waals surface area contributed by atoms with Crippen molar-refractivity contribution in [3.05, 3.63) is 48.0 Å². The van der Waals surface area contributed by atoms with Gasteiger partial charge in [0.2, 0.25) is 5.91 Å². The quantitative estimate of drug-likeness (QED) is 0.639. The molecule has 27 heavy (non-hydrogen) atoms. The Morgan fingerprint density at radius 3 is 2.67 bits per heavy atom. The molecule has 1 heterocycles. The Labute approximate surface area is 158 Å². The first-order valence-corrected chi connectivity index (χ1v) is 10.3. The molecule has 142 valence electrons. The number of amides is 1. The summed E-state index contributed by atoms with van der Waals surface area (Å²) < 4.78 is 54.4. The average molecular weight is 411 g/mol. The van der Waals surface area contributed by atoms with Gasteiger partial charge in [0.1, 0.15) is 16.5 Å². The Morgan fingerprint density at radius 2 is 1.96 bits per heavy atom. The van der Waals surface area contributed by atoms with E-state index in [1.807, 2.05) is 6.92 Å². The third kappa shape index (κ3) is 4.40. The summed E-state index contributed by atoms with van der Waals surface area (Å²) in [5.41, 5.74) is 0.648. The minimum Gasteiger partial charge on any atom is -0.302 e. The molecule has 0 fully saturated rings.